The summed E-state index contributed by atoms with van der Waals surface area (Å²) in [6, 6.07) is 17.1. The van der Waals surface area contributed by atoms with E-state index < -0.39 is 23.3 Å². The second-order valence-corrected chi connectivity index (χ2v) is 8.00. The van der Waals surface area contributed by atoms with Crippen LogP contribution in [0.4, 0.5) is 0 Å². The highest BCUT2D eigenvalue weighted by molar-refractivity contribution is 5.97. The van der Waals surface area contributed by atoms with Gasteiger partial charge in [0.2, 0.25) is 0 Å². The van der Waals surface area contributed by atoms with Gasteiger partial charge in [-0.05, 0) is 60.5 Å². The van der Waals surface area contributed by atoms with E-state index in [4.69, 9.17) is 9.84 Å². The maximum Gasteiger partial charge on any atom is 0.335 e. The average molecular weight is 473 g/mol. The number of hydrogen-bond acceptors (Lipinski definition) is 5. The number of rotatable bonds is 7. The van der Waals surface area contributed by atoms with Crippen LogP contribution < -0.4 is 21.3 Å². The zero-order valence-electron chi connectivity index (χ0n) is 19.1. The van der Waals surface area contributed by atoms with Crippen LogP contribution in [0.1, 0.15) is 44.8 Å². The fourth-order valence-corrected chi connectivity index (χ4v) is 3.80. The Morgan fingerprint density at radius 3 is 2.29 bits per heavy atom. The van der Waals surface area contributed by atoms with Crippen LogP contribution in [0.15, 0.2) is 76.3 Å². The van der Waals surface area contributed by atoms with Gasteiger partial charge in [-0.15, -0.1) is 0 Å². The molecular weight excluding hydrogens is 450 g/mol. The summed E-state index contributed by atoms with van der Waals surface area (Å²) in [6.07, 6.45) is 0. The highest BCUT2D eigenvalue weighted by Crippen LogP contribution is 2.17. The van der Waals surface area contributed by atoms with Gasteiger partial charge in [-0.2, -0.15) is 0 Å². The fraction of sp³-hybridized carbons (Fsp3) is 0.154. The molecule has 0 fully saturated rings. The molecule has 1 atom stereocenters. The van der Waals surface area contributed by atoms with E-state index >= 15 is 0 Å². The zero-order chi connectivity index (χ0) is 25.1. The Morgan fingerprint density at radius 2 is 1.66 bits per heavy atom. The van der Waals surface area contributed by atoms with E-state index in [2.05, 4.69) is 10.3 Å². The molecule has 0 aliphatic rings. The topological polar surface area (TPSA) is 130 Å². The summed E-state index contributed by atoms with van der Waals surface area (Å²) < 4.78 is 6.18. The summed E-state index contributed by atoms with van der Waals surface area (Å²) in [4.78, 5) is 52.5. The number of aromatic nitrogens is 2. The normalized spacial score (nSPS) is 11.7. The molecule has 9 nitrogen and oxygen atoms in total. The number of carbonyl (C=O) groups is 2. The molecule has 0 saturated carbocycles. The van der Waals surface area contributed by atoms with Gasteiger partial charge in [0, 0.05) is 12.1 Å². The molecule has 35 heavy (non-hydrogen) atoms. The van der Waals surface area contributed by atoms with Crippen LogP contribution in [-0.2, 0) is 6.54 Å². The number of fused-ring (bicyclic) bond motifs is 1. The van der Waals surface area contributed by atoms with Crippen LogP contribution in [0, 0.1) is 0 Å². The third-order valence-corrected chi connectivity index (χ3v) is 5.83. The predicted octanol–water partition coefficient (Wildman–Crippen LogP) is 2.94. The van der Waals surface area contributed by atoms with Crippen molar-refractivity contribution < 1.29 is 19.4 Å². The smallest absolute Gasteiger partial charge is 0.335 e. The van der Waals surface area contributed by atoms with Crippen LogP contribution in [-0.4, -0.2) is 33.6 Å². The Kier molecular flexibility index (Phi) is 6.50. The predicted molar refractivity (Wildman–Crippen MR) is 130 cm³/mol. The molecule has 0 aliphatic heterocycles. The molecule has 4 aromatic rings. The minimum absolute atomic E-state index is 0.103. The highest BCUT2D eigenvalue weighted by atomic mass is 16.5. The van der Waals surface area contributed by atoms with Crippen LogP contribution in [0.25, 0.3) is 10.9 Å². The monoisotopic (exact) mass is 473 g/mol. The van der Waals surface area contributed by atoms with Crippen molar-refractivity contribution >= 4 is 22.8 Å². The summed E-state index contributed by atoms with van der Waals surface area (Å²) in [5, 5.41) is 12.1. The average Bonchev–Trinajstić information content (AvgIpc) is 2.87. The Labute approximate surface area is 199 Å². The van der Waals surface area contributed by atoms with Gasteiger partial charge in [-0.3, -0.25) is 14.2 Å². The Bertz CT molecular complexity index is 1520. The first-order valence-electron chi connectivity index (χ1n) is 10.8. The lowest BCUT2D eigenvalue weighted by Gasteiger charge is -2.15. The molecule has 3 aromatic carbocycles. The highest BCUT2D eigenvalue weighted by Gasteiger charge is 2.17. The first kappa shape index (κ1) is 23.5. The number of methoxy groups -OCH3 is 1. The minimum Gasteiger partial charge on any atom is -0.497 e. The van der Waals surface area contributed by atoms with E-state index in [9.17, 15) is 19.2 Å². The number of carboxylic acids is 1. The molecule has 0 bridgehead atoms. The van der Waals surface area contributed by atoms with Crippen molar-refractivity contribution in [2.45, 2.75) is 19.5 Å². The van der Waals surface area contributed by atoms with Gasteiger partial charge in [0.25, 0.3) is 11.5 Å². The third kappa shape index (κ3) is 4.84. The van der Waals surface area contributed by atoms with Crippen molar-refractivity contribution in [2.24, 2.45) is 0 Å². The third-order valence-electron chi connectivity index (χ3n) is 5.83. The molecule has 3 N–H and O–H groups in total. The van der Waals surface area contributed by atoms with Gasteiger partial charge < -0.3 is 20.1 Å². The molecule has 178 valence electrons. The summed E-state index contributed by atoms with van der Waals surface area (Å²) in [7, 11) is 1.58. The number of nitrogens with one attached hydrogen (secondary N) is 2. The summed E-state index contributed by atoms with van der Waals surface area (Å²) in [6.45, 7) is 1.96. The number of nitrogens with zero attached hydrogens (tertiary/aromatic N) is 1. The Hall–Kier alpha value is -4.66. The van der Waals surface area contributed by atoms with Crippen LogP contribution in [0.5, 0.6) is 5.75 Å². The lowest BCUT2D eigenvalue weighted by molar-refractivity contribution is 0.0696. The van der Waals surface area contributed by atoms with Gasteiger partial charge in [0.1, 0.15) is 5.75 Å². The van der Waals surface area contributed by atoms with E-state index in [0.29, 0.717) is 23.4 Å². The number of carbonyl (C=O) groups excluding carboxylic acids is 1. The summed E-state index contributed by atoms with van der Waals surface area (Å²) >= 11 is 0. The van der Waals surface area contributed by atoms with Crippen molar-refractivity contribution in [3.05, 3.63) is 110 Å². The molecule has 0 aliphatic carbocycles. The van der Waals surface area contributed by atoms with Crippen molar-refractivity contribution in [2.75, 3.05) is 7.11 Å². The number of aromatic amines is 1. The number of ether oxygens (including phenoxy) is 1. The van der Waals surface area contributed by atoms with Gasteiger partial charge in [-0.25, -0.2) is 9.59 Å². The van der Waals surface area contributed by atoms with Gasteiger partial charge in [0.15, 0.2) is 0 Å². The molecule has 0 radical (unpaired) electrons. The maximum absolute atomic E-state index is 13.3. The second kappa shape index (κ2) is 9.68. The SMILES string of the molecule is COc1ccc(CNC(=O)c2ccc3[nH]c(=O)n(C(C)c4ccc(C(=O)O)cc4)c(=O)c3c2)cc1. The molecule has 1 amide bonds. The summed E-state index contributed by atoms with van der Waals surface area (Å²) in [5.74, 6) is -0.716. The van der Waals surface area contributed by atoms with E-state index in [0.717, 1.165) is 10.1 Å². The number of carboxylic acid groups (broad SMARTS) is 1. The van der Waals surface area contributed by atoms with E-state index in [1.165, 1.54) is 24.3 Å². The first-order valence-corrected chi connectivity index (χ1v) is 10.8. The van der Waals surface area contributed by atoms with Crippen LogP contribution in [0.2, 0.25) is 0 Å². The molecular formula is C26H23N3O6. The van der Waals surface area contributed by atoms with Gasteiger partial charge >= 0.3 is 11.7 Å². The fourth-order valence-electron chi connectivity index (χ4n) is 3.80. The van der Waals surface area contributed by atoms with Crippen molar-refractivity contribution in [1.82, 2.24) is 14.9 Å². The Morgan fingerprint density at radius 1 is 1.00 bits per heavy atom. The van der Waals surface area contributed by atoms with Crippen LogP contribution in [0.3, 0.4) is 0 Å². The number of H-pyrrole nitrogens is 1. The molecule has 1 heterocycles. The molecule has 4 rings (SSSR count). The summed E-state index contributed by atoms with van der Waals surface area (Å²) in [5.41, 5.74) is 1.02. The van der Waals surface area contributed by atoms with Gasteiger partial charge in [0.05, 0.1) is 29.6 Å². The van der Waals surface area contributed by atoms with E-state index in [1.54, 1.807) is 44.4 Å². The number of hydrogen-bond donors (Lipinski definition) is 3. The van der Waals surface area contributed by atoms with Crippen molar-refractivity contribution in [3.8, 4) is 5.75 Å². The van der Waals surface area contributed by atoms with Crippen LogP contribution >= 0.6 is 0 Å². The largest absolute Gasteiger partial charge is 0.497 e. The van der Waals surface area contributed by atoms with Gasteiger partial charge in [-0.1, -0.05) is 24.3 Å². The quantitative estimate of drug-likeness (QED) is 0.378. The van der Waals surface area contributed by atoms with Crippen molar-refractivity contribution in [1.29, 1.82) is 0 Å². The second-order valence-electron chi connectivity index (χ2n) is 8.00. The molecule has 9 heteroatoms. The van der Waals surface area contributed by atoms with E-state index in [-0.39, 0.29) is 22.4 Å². The Balaban J connectivity index is 1.62. The lowest BCUT2D eigenvalue weighted by Crippen LogP contribution is -2.37. The zero-order valence-corrected chi connectivity index (χ0v) is 19.1. The molecule has 0 saturated heterocycles. The first-order chi connectivity index (χ1) is 16.8. The number of benzene rings is 3. The number of aromatic carboxylic acids is 1. The lowest BCUT2D eigenvalue weighted by atomic mass is 10.1. The maximum atomic E-state index is 13.3. The minimum atomic E-state index is -1.07. The molecule has 1 aromatic heterocycles. The standard InChI is InChI=1S/C26H23N3O6/c1-15(17-5-7-18(8-6-17)25(32)33)29-24(31)21-13-19(9-12-22(21)28-26(29)34)23(30)27-14-16-3-10-20(35-2)11-4-16/h3-13,15H,14H2,1-2H3,(H,27,30)(H,28,34)(H,32,33). The van der Waals surface area contributed by atoms with E-state index in [1.807, 2.05) is 12.1 Å². The molecule has 0 spiro atoms. The number of amides is 1. The molecule has 1 unspecified atom stereocenters. The van der Waals surface area contributed by atoms with Crippen molar-refractivity contribution in [3.63, 3.8) is 0 Å².